The number of hydrogen-bond acceptors (Lipinski definition) is 5. The quantitative estimate of drug-likeness (QED) is 0.368. The fraction of sp³-hybridized carbons (Fsp3) is 0.400. The molecule has 2 rings (SSSR count). The molecule has 0 N–H and O–H groups in total. The van der Waals surface area contributed by atoms with E-state index in [1.165, 1.54) is 13.2 Å². The molecule has 0 spiro atoms. The summed E-state index contributed by atoms with van der Waals surface area (Å²) in [5, 5.41) is 0.383. The van der Waals surface area contributed by atoms with Crippen LogP contribution in [0.1, 0.15) is 38.5 Å². The molecule has 1 aromatic carbocycles. The van der Waals surface area contributed by atoms with E-state index in [0.29, 0.717) is 22.9 Å². The number of ketones is 1. The summed E-state index contributed by atoms with van der Waals surface area (Å²) in [6.45, 7) is 4.89. The van der Waals surface area contributed by atoms with Gasteiger partial charge in [-0.2, -0.15) is 0 Å². The van der Waals surface area contributed by atoms with E-state index in [-0.39, 0.29) is 18.0 Å². The van der Waals surface area contributed by atoms with Crippen LogP contribution >= 0.6 is 11.6 Å². The van der Waals surface area contributed by atoms with Crippen LogP contribution in [-0.2, 0) is 16.0 Å². The standard InChI is InChI=1S/C20H24ClNO5/c1-13-10-16(14(2)22(13)8-5-9-25-3)18(23)12-27-20(24)17-11-15(21)6-7-19(17)26-4/h6-7,10-11H,5,8-9,12H2,1-4H3. The van der Waals surface area contributed by atoms with Crippen molar-refractivity contribution < 1.29 is 23.8 Å². The van der Waals surface area contributed by atoms with Gasteiger partial charge in [-0.15, -0.1) is 0 Å². The smallest absolute Gasteiger partial charge is 0.342 e. The van der Waals surface area contributed by atoms with Crippen LogP contribution in [0.3, 0.4) is 0 Å². The lowest BCUT2D eigenvalue weighted by molar-refractivity contribution is 0.0471. The van der Waals surface area contributed by atoms with Gasteiger partial charge in [-0.05, 0) is 44.5 Å². The predicted octanol–water partition coefficient (Wildman–Crippen LogP) is 3.84. The van der Waals surface area contributed by atoms with E-state index in [1.54, 1.807) is 19.2 Å². The molecule has 0 fully saturated rings. The van der Waals surface area contributed by atoms with Crippen LogP contribution < -0.4 is 4.74 Å². The second-order valence-corrected chi connectivity index (χ2v) is 6.56. The number of carbonyl (C=O) groups excluding carboxylic acids is 2. The van der Waals surface area contributed by atoms with Gasteiger partial charge in [-0.1, -0.05) is 11.6 Å². The summed E-state index contributed by atoms with van der Waals surface area (Å²) in [5.74, 6) is -0.569. The normalized spacial score (nSPS) is 10.7. The van der Waals surface area contributed by atoms with Crippen LogP contribution in [0.2, 0.25) is 5.02 Å². The van der Waals surface area contributed by atoms with Crippen LogP contribution in [-0.4, -0.2) is 43.8 Å². The predicted molar refractivity (Wildman–Crippen MR) is 103 cm³/mol. The third-order valence-corrected chi connectivity index (χ3v) is 4.56. The topological polar surface area (TPSA) is 66.8 Å². The van der Waals surface area contributed by atoms with Crippen molar-refractivity contribution in [1.82, 2.24) is 4.57 Å². The SMILES string of the molecule is COCCCn1c(C)cc(C(=O)COC(=O)c2cc(Cl)ccc2OC)c1C. The number of nitrogens with zero attached hydrogens (tertiary/aromatic N) is 1. The van der Waals surface area contributed by atoms with Gasteiger partial charge >= 0.3 is 5.97 Å². The summed E-state index contributed by atoms with van der Waals surface area (Å²) >= 11 is 5.93. The summed E-state index contributed by atoms with van der Waals surface area (Å²) in [5.41, 5.74) is 2.57. The number of benzene rings is 1. The minimum Gasteiger partial charge on any atom is -0.496 e. The second kappa shape index (κ2) is 9.58. The minimum absolute atomic E-state index is 0.183. The third kappa shape index (κ3) is 5.11. The highest BCUT2D eigenvalue weighted by molar-refractivity contribution is 6.31. The van der Waals surface area contributed by atoms with Crippen molar-refractivity contribution in [2.75, 3.05) is 27.4 Å². The van der Waals surface area contributed by atoms with Crippen LogP contribution in [0.4, 0.5) is 0 Å². The molecular weight excluding hydrogens is 370 g/mol. The first-order valence-electron chi connectivity index (χ1n) is 8.58. The number of ether oxygens (including phenoxy) is 3. The first-order chi connectivity index (χ1) is 12.9. The molecule has 0 saturated carbocycles. The van der Waals surface area contributed by atoms with Gasteiger partial charge in [0.05, 0.1) is 7.11 Å². The third-order valence-electron chi connectivity index (χ3n) is 4.32. The van der Waals surface area contributed by atoms with Gasteiger partial charge in [0, 0.05) is 42.2 Å². The summed E-state index contributed by atoms with van der Waals surface area (Å²) in [6.07, 6.45) is 0.851. The van der Waals surface area contributed by atoms with Crippen molar-refractivity contribution in [2.45, 2.75) is 26.8 Å². The Bertz CT molecular complexity index is 828. The number of halogens is 1. The van der Waals surface area contributed by atoms with Crippen LogP contribution in [0, 0.1) is 13.8 Å². The molecule has 0 bridgehead atoms. The molecule has 7 heteroatoms. The van der Waals surface area contributed by atoms with Gasteiger partial charge in [0.2, 0.25) is 5.78 Å². The Hall–Kier alpha value is -2.31. The lowest BCUT2D eigenvalue weighted by Gasteiger charge is -2.10. The van der Waals surface area contributed by atoms with Crippen molar-refractivity contribution in [1.29, 1.82) is 0 Å². The second-order valence-electron chi connectivity index (χ2n) is 6.13. The molecule has 6 nitrogen and oxygen atoms in total. The van der Waals surface area contributed by atoms with Crippen molar-refractivity contribution >= 4 is 23.4 Å². The van der Waals surface area contributed by atoms with Crippen molar-refractivity contribution in [3.05, 3.63) is 51.8 Å². The highest BCUT2D eigenvalue weighted by Gasteiger charge is 2.19. The Balaban J connectivity index is 2.07. The highest BCUT2D eigenvalue weighted by Crippen LogP contribution is 2.23. The van der Waals surface area contributed by atoms with Gasteiger partial charge in [-0.25, -0.2) is 4.79 Å². The van der Waals surface area contributed by atoms with E-state index in [0.717, 1.165) is 24.4 Å². The van der Waals surface area contributed by atoms with E-state index >= 15 is 0 Å². The zero-order valence-corrected chi connectivity index (χ0v) is 16.8. The van der Waals surface area contributed by atoms with E-state index in [9.17, 15) is 9.59 Å². The number of hydrogen-bond donors (Lipinski definition) is 0. The monoisotopic (exact) mass is 393 g/mol. The molecule has 0 amide bonds. The Labute approximate surface area is 164 Å². The zero-order valence-electron chi connectivity index (χ0n) is 16.0. The van der Waals surface area contributed by atoms with Gasteiger partial charge in [-0.3, -0.25) is 4.79 Å². The van der Waals surface area contributed by atoms with E-state index in [2.05, 4.69) is 4.57 Å². The number of aryl methyl sites for hydroxylation is 1. The number of esters is 1. The lowest BCUT2D eigenvalue weighted by atomic mass is 10.1. The molecule has 27 heavy (non-hydrogen) atoms. The average molecular weight is 394 g/mol. The Kier molecular flexibility index (Phi) is 7.45. The molecule has 0 aliphatic rings. The molecule has 146 valence electrons. The number of Topliss-reactive ketones (excluding diaryl/α,β-unsaturated/α-hetero) is 1. The molecule has 0 saturated heterocycles. The van der Waals surface area contributed by atoms with Crippen molar-refractivity contribution in [3.63, 3.8) is 0 Å². The molecule has 1 aromatic heterocycles. The van der Waals surface area contributed by atoms with E-state index < -0.39 is 5.97 Å². The molecule has 1 heterocycles. The maximum Gasteiger partial charge on any atom is 0.342 e. The number of aromatic nitrogens is 1. The van der Waals surface area contributed by atoms with Crippen molar-refractivity contribution in [3.8, 4) is 5.75 Å². The summed E-state index contributed by atoms with van der Waals surface area (Å²) in [6, 6.07) is 6.46. The number of methoxy groups -OCH3 is 2. The highest BCUT2D eigenvalue weighted by atomic mass is 35.5. The Morgan fingerprint density at radius 2 is 1.85 bits per heavy atom. The first-order valence-corrected chi connectivity index (χ1v) is 8.96. The van der Waals surface area contributed by atoms with Gasteiger partial charge < -0.3 is 18.8 Å². The van der Waals surface area contributed by atoms with E-state index in [4.69, 9.17) is 25.8 Å². The summed E-state index contributed by atoms with van der Waals surface area (Å²) in [4.78, 5) is 24.9. The largest absolute Gasteiger partial charge is 0.496 e. The average Bonchev–Trinajstić information content (AvgIpc) is 2.94. The van der Waals surface area contributed by atoms with Gasteiger partial charge in [0.1, 0.15) is 11.3 Å². The fourth-order valence-electron chi connectivity index (χ4n) is 2.92. The zero-order chi connectivity index (χ0) is 20.0. The molecule has 0 radical (unpaired) electrons. The first kappa shape index (κ1) is 21.0. The molecule has 0 unspecified atom stereocenters. The maximum absolute atomic E-state index is 12.5. The van der Waals surface area contributed by atoms with Gasteiger partial charge in [0.25, 0.3) is 0 Å². The van der Waals surface area contributed by atoms with Crippen LogP contribution in [0.25, 0.3) is 0 Å². The fourth-order valence-corrected chi connectivity index (χ4v) is 3.09. The summed E-state index contributed by atoms with van der Waals surface area (Å²) < 4.78 is 17.5. The maximum atomic E-state index is 12.5. The summed E-state index contributed by atoms with van der Waals surface area (Å²) in [7, 11) is 3.11. The lowest BCUT2D eigenvalue weighted by Crippen LogP contribution is -2.16. The molecular formula is C20H24ClNO5. The number of rotatable bonds is 9. The van der Waals surface area contributed by atoms with Gasteiger partial charge in [0.15, 0.2) is 6.61 Å². The molecule has 0 aliphatic carbocycles. The van der Waals surface area contributed by atoms with Crippen LogP contribution in [0.15, 0.2) is 24.3 Å². The molecule has 0 aliphatic heterocycles. The van der Waals surface area contributed by atoms with E-state index in [1.807, 2.05) is 19.9 Å². The molecule has 2 aromatic rings. The molecule has 0 atom stereocenters. The Morgan fingerprint density at radius 3 is 2.52 bits per heavy atom. The minimum atomic E-state index is -0.656. The van der Waals surface area contributed by atoms with Crippen molar-refractivity contribution in [2.24, 2.45) is 0 Å². The van der Waals surface area contributed by atoms with Crippen LogP contribution in [0.5, 0.6) is 5.75 Å². The Morgan fingerprint density at radius 1 is 1.11 bits per heavy atom. The number of carbonyl (C=O) groups is 2.